The van der Waals surface area contributed by atoms with Crippen molar-refractivity contribution < 1.29 is 28.9 Å². The molecular weight excluding hydrogens is 212 g/mol. The second kappa shape index (κ2) is 4.72. The molecule has 0 aliphatic rings. The van der Waals surface area contributed by atoms with Crippen LogP contribution in [0.5, 0.6) is 0 Å². The molecule has 1 rings (SSSR count). The molecule has 0 saturated carbocycles. The van der Waals surface area contributed by atoms with Gasteiger partial charge in [0.1, 0.15) is 0 Å². The summed E-state index contributed by atoms with van der Waals surface area (Å²) >= 11 is 0. The quantitative estimate of drug-likeness (QED) is 0.573. The van der Waals surface area contributed by atoms with E-state index in [0.717, 1.165) is 5.56 Å². The molecule has 0 aliphatic carbocycles. The van der Waals surface area contributed by atoms with Crippen molar-refractivity contribution in [2.24, 2.45) is 0 Å². The van der Waals surface area contributed by atoms with Gasteiger partial charge in [-0.3, -0.25) is 0 Å². The average molecular weight is 221 g/mol. The van der Waals surface area contributed by atoms with Crippen molar-refractivity contribution in [3.63, 3.8) is 0 Å². The summed E-state index contributed by atoms with van der Waals surface area (Å²) in [6.45, 7) is 1.82. The second-order valence-corrected chi connectivity index (χ2v) is 3.09. The second-order valence-electron chi connectivity index (χ2n) is 2.06. The third-order valence-corrected chi connectivity index (χ3v) is 2.24. The molecule has 0 radical (unpaired) electrons. The molecule has 54 valence electrons. The van der Waals surface area contributed by atoms with Crippen LogP contribution in [-0.4, -0.2) is 4.89 Å². The summed E-state index contributed by atoms with van der Waals surface area (Å²) in [5.74, 6) is 0. The van der Waals surface area contributed by atoms with Crippen molar-refractivity contribution in [1.29, 1.82) is 0 Å². The third-order valence-electron chi connectivity index (χ3n) is 1.32. The SMILES string of the molecule is Cc1ccccc1[P+](=O)O.[Zn]. The summed E-state index contributed by atoms with van der Waals surface area (Å²) in [6.07, 6.45) is 0. The minimum Gasteiger partial charge on any atom is -0.156 e. The Hall–Kier alpha value is -0.0966. The van der Waals surface area contributed by atoms with E-state index in [4.69, 9.17) is 4.89 Å². The zero-order chi connectivity index (χ0) is 7.56. The van der Waals surface area contributed by atoms with E-state index in [-0.39, 0.29) is 19.5 Å². The molecule has 0 saturated heterocycles. The van der Waals surface area contributed by atoms with E-state index < -0.39 is 8.03 Å². The first-order chi connectivity index (χ1) is 4.72. The van der Waals surface area contributed by atoms with E-state index in [1.165, 1.54) is 0 Å². The Labute approximate surface area is 79.3 Å². The molecule has 0 aromatic heterocycles. The first-order valence-electron chi connectivity index (χ1n) is 2.93. The van der Waals surface area contributed by atoms with Gasteiger partial charge in [0.2, 0.25) is 5.30 Å². The van der Waals surface area contributed by atoms with Crippen LogP contribution in [0.25, 0.3) is 0 Å². The van der Waals surface area contributed by atoms with Crippen LogP contribution in [0.4, 0.5) is 0 Å². The minimum atomic E-state index is -2.17. The molecule has 0 spiro atoms. The summed E-state index contributed by atoms with van der Waals surface area (Å²) in [7, 11) is -2.17. The maximum Gasteiger partial charge on any atom is 0.546 e. The molecule has 0 bridgehead atoms. The van der Waals surface area contributed by atoms with E-state index in [0.29, 0.717) is 5.30 Å². The Kier molecular flexibility index (Phi) is 4.67. The Morgan fingerprint density at radius 3 is 2.27 bits per heavy atom. The molecule has 1 aromatic carbocycles. The summed E-state index contributed by atoms with van der Waals surface area (Å²) in [5.41, 5.74) is 0.867. The molecule has 11 heavy (non-hydrogen) atoms. The van der Waals surface area contributed by atoms with E-state index >= 15 is 0 Å². The van der Waals surface area contributed by atoms with Gasteiger partial charge in [-0.2, -0.15) is 4.89 Å². The van der Waals surface area contributed by atoms with Crippen LogP contribution in [0.1, 0.15) is 5.56 Å². The molecule has 4 heteroatoms. The summed E-state index contributed by atoms with van der Waals surface area (Å²) in [5, 5.41) is 0.525. The maximum atomic E-state index is 10.6. The van der Waals surface area contributed by atoms with Gasteiger partial charge in [0.05, 0.1) is 0 Å². The smallest absolute Gasteiger partial charge is 0.156 e. The van der Waals surface area contributed by atoms with Crippen molar-refractivity contribution in [2.45, 2.75) is 6.92 Å². The van der Waals surface area contributed by atoms with Crippen LogP contribution in [0.2, 0.25) is 0 Å². The average Bonchev–Trinajstić information content (AvgIpc) is 1.88. The number of aryl methyl sites for hydroxylation is 1. The predicted molar refractivity (Wildman–Crippen MR) is 40.6 cm³/mol. The predicted octanol–water partition coefficient (Wildman–Crippen LogP) is 1.35. The molecule has 0 heterocycles. The molecular formula is C7H8O2PZn+. The molecule has 1 N–H and O–H groups in total. The largest absolute Gasteiger partial charge is 0.546 e. The molecule has 2 nitrogen and oxygen atoms in total. The Bertz CT molecular complexity index is 262. The van der Waals surface area contributed by atoms with Gasteiger partial charge >= 0.3 is 8.03 Å². The monoisotopic (exact) mass is 219 g/mol. The van der Waals surface area contributed by atoms with Crippen molar-refractivity contribution in [2.75, 3.05) is 0 Å². The van der Waals surface area contributed by atoms with Gasteiger partial charge in [-0.15, -0.1) is 0 Å². The normalized spacial score (nSPS) is 10.2. The van der Waals surface area contributed by atoms with Crippen LogP contribution in [0.15, 0.2) is 24.3 Å². The van der Waals surface area contributed by atoms with Gasteiger partial charge in [0.15, 0.2) is 0 Å². The number of benzene rings is 1. The van der Waals surface area contributed by atoms with Gasteiger partial charge in [0.25, 0.3) is 0 Å². The van der Waals surface area contributed by atoms with Crippen LogP contribution >= 0.6 is 8.03 Å². The maximum absolute atomic E-state index is 10.6. The molecule has 0 aliphatic heterocycles. The number of rotatable bonds is 1. The van der Waals surface area contributed by atoms with Crippen molar-refractivity contribution in [3.8, 4) is 0 Å². The Balaban J connectivity index is 0.000001000. The van der Waals surface area contributed by atoms with Gasteiger partial charge in [-0.05, 0) is 17.6 Å². The minimum absolute atomic E-state index is 0. The standard InChI is InChI=1S/C7H7O2P.Zn/c1-6-4-2-3-5-7(6)10(8)9;/h2-5H,1H3;/p+1. The van der Waals surface area contributed by atoms with Crippen molar-refractivity contribution in [1.82, 2.24) is 0 Å². The van der Waals surface area contributed by atoms with Gasteiger partial charge < -0.3 is 0 Å². The zero-order valence-corrected chi connectivity index (χ0v) is 10.2. The number of hydrogen-bond donors (Lipinski definition) is 1. The third kappa shape index (κ3) is 2.79. The first-order valence-corrected chi connectivity index (χ1v) is 4.15. The van der Waals surface area contributed by atoms with Crippen LogP contribution < -0.4 is 5.30 Å². The van der Waals surface area contributed by atoms with E-state index in [1.54, 1.807) is 12.1 Å². The zero-order valence-electron chi connectivity index (χ0n) is 6.32. The van der Waals surface area contributed by atoms with Crippen molar-refractivity contribution >= 4 is 13.3 Å². The van der Waals surface area contributed by atoms with Gasteiger partial charge in [-0.25, -0.2) is 0 Å². The molecule has 1 atom stereocenters. The van der Waals surface area contributed by atoms with E-state index in [2.05, 4.69) is 0 Å². The Morgan fingerprint density at radius 2 is 1.91 bits per heavy atom. The molecule has 0 amide bonds. The van der Waals surface area contributed by atoms with Gasteiger partial charge in [-0.1, -0.05) is 18.2 Å². The summed E-state index contributed by atoms with van der Waals surface area (Å²) in [4.78, 5) is 8.71. The molecule has 0 fully saturated rings. The van der Waals surface area contributed by atoms with Crippen LogP contribution in [0, 0.1) is 6.92 Å². The van der Waals surface area contributed by atoms with Crippen LogP contribution in [0.3, 0.4) is 0 Å². The summed E-state index contributed by atoms with van der Waals surface area (Å²) in [6, 6.07) is 7.08. The fourth-order valence-electron chi connectivity index (χ4n) is 0.778. The fourth-order valence-corrected chi connectivity index (χ4v) is 1.37. The van der Waals surface area contributed by atoms with Crippen LogP contribution in [-0.2, 0) is 24.0 Å². The fraction of sp³-hybridized carbons (Fsp3) is 0.143. The molecule has 1 aromatic rings. The van der Waals surface area contributed by atoms with E-state index in [9.17, 15) is 4.57 Å². The van der Waals surface area contributed by atoms with E-state index in [1.807, 2.05) is 19.1 Å². The first kappa shape index (κ1) is 10.9. The topological polar surface area (TPSA) is 37.3 Å². The Morgan fingerprint density at radius 1 is 1.36 bits per heavy atom. The van der Waals surface area contributed by atoms with Crippen molar-refractivity contribution in [3.05, 3.63) is 29.8 Å². The summed E-state index contributed by atoms with van der Waals surface area (Å²) < 4.78 is 10.6. The van der Waals surface area contributed by atoms with Gasteiger partial charge in [0, 0.05) is 25.0 Å². The molecule has 1 unspecified atom stereocenters. The number of hydrogen-bond acceptors (Lipinski definition) is 1.